The monoisotopic (exact) mass is 411 g/mol. The third kappa shape index (κ3) is 4.78. The second-order valence-electron chi connectivity index (χ2n) is 6.41. The van der Waals surface area contributed by atoms with Crippen molar-refractivity contribution in [2.75, 3.05) is 19.0 Å². The highest BCUT2D eigenvalue weighted by atomic mass is 16.5. The van der Waals surface area contributed by atoms with Crippen LogP contribution >= 0.6 is 0 Å². The van der Waals surface area contributed by atoms with Crippen molar-refractivity contribution < 1.29 is 28.2 Å². The molecule has 0 aliphatic carbocycles. The lowest BCUT2D eigenvalue weighted by molar-refractivity contribution is 0.0473. The van der Waals surface area contributed by atoms with Crippen molar-refractivity contribution in [2.45, 2.75) is 20.5 Å². The Morgan fingerprint density at radius 1 is 1.07 bits per heavy atom. The van der Waals surface area contributed by atoms with Crippen molar-refractivity contribution >= 4 is 28.7 Å². The number of carbonyl (C=O) groups excluding carboxylic acids is 2. The fraction of sp³-hybridized carbons (Fsp3) is 0.227. The van der Waals surface area contributed by atoms with Crippen LogP contribution in [0.1, 0.15) is 28.4 Å². The van der Waals surface area contributed by atoms with Crippen LogP contribution < -0.4 is 15.7 Å². The Balaban J connectivity index is 1.81. The maximum atomic E-state index is 12.4. The van der Waals surface area contributed by atoms with E-state index in [0.29, 0.717) is 28.0 Å². The average molecular weight is 411 g/mol. The number of benzene rings is 2. The molecule has 156 valence electrons. The van der Waals surface area contributed by atoms with Gasteiger partial charge in [0, 0.05) is 28.8 Å². The minimum absolute atomic E-state index is 0.123. The molecule has 0 bridgehead atoms. The molecule has 30 heavy (non-hydrogen) atoms. The second kappa shape index (κ2) is 9.13. The van der Waals surface area contributed by atoms with Gasteiger partial charge >= 0.3 is 17.7 Å². The molecule has 3 aromatic rings. The lowest BCUT2D eigenvalue weighted by Crippen LogP contribution is -2.13. The van der Waals surface area contributed by atoms with Crippen LogP contribution in [-0.4, -0.2) is 25.8 Å². The molecule has 0 atom stereocenters. The van der Waals surface area contributed by atoms with Gasteiger partial charge in [-0.15, -0.1) is 0 Å². The van der Waals surface area contributed by atoms with Crippen LogP contribution in [0.25, 0.3) is 11.0 Å². The molecular weight excluding hydrogens is 390 g/mol. The van der Waals surface area contributed by atoms with E-state index in [1.165, 1.54) is 19.2 Å². The van der Waals surface area contributed by atoms with E-state index in [0.717, 1.165) is 5.56 Å². The van der Waals surface area contributed by atoms with Gasteiger partial charge in [0.25, 0.3) is 0 Å². The van der Waals surface area contributed by atoms with E-state index in [2.05, 4.69) is 5.32 Å². The number of fused-ring (bicyclic) bond motifs is 1. The fourth-order valence-corrected chi connectivity index (χ4v) is 2.89. The number of anilines is 1. The lowest BCUT2D eigenvalue weighted by atomic mass is 10.1. The molecule has 0 unspecified atom stereocenters. The summed E-state index contributed by atoms with van der Waals surface area (Å²) in [7, 11) is 1.53. The van der Waals surface area contributed by atoms with E-state index < -0.39 is 17.7 Å². The first-order valence-corrected chi connectivity index (χ1v) is 9.23. The summed E-state index contributed by atoms with van der Waals surface area (Å²) in [5.74, 6) is 0.0344. The molecule has 1 heterocycles. The molecule has 2 aromatic carbocycles. The Kier molecular flexibility index (Phi) is 6.36. The second-order valence-corrected chi connectivity index (χ2v) is 6.41. The molecule has 0 saturated carbocycles. The van der Waals surface area contributed by atoms with Gasteiger partial charge in [-0.2, -0.15) is 0 Å². The smallest absolute Gasteiger partial charge is 0.411 e. The number of methoxy groups -OCH3 is 1. The average Bonchev–Trinajstić information content (AvgIpc) is 2.71. The van der Waals surface area contributed by atoms with Crippen molar-refractivity contribution in [1.82, 2.24) is 0 Å². The fourth-order valence-electron chi connectivity index (χ4n) is 2.89. The van der Waals surface area contributed by atoms with E-state index in [4.69, 9.17) is 18.6 Å². The maximum Gasteiger partial charge on any atom is 0.411 e. The largest absolute Gasteiger partial charge is 0.496 e. The number of aryl methyl sites for hydroxylation is 1. The molecule has 3 rings (SSSR count). The molecule has 8 nitrogen and oxygen atoms in total. The standard InChI is InChI=1S/C22H21NO7/c1-4-28-22(26)23-16-7-8-17-15(10-20(24)30-19(17)11-16)12-29-21(25)14-6-5-13(2)18(9-14)27-3/h5-11H,4,12H2,1-3H3,(H,23,26). The van der Waals surface area contributed by atoms with Crippen LogP contribution in [0.3, 0.4) is 0 Å². The summed E-state index contributed by atoms with van der Waals surface area (Å²) >= 11 is 0. The van der Waals surface area contributed by atoms with Crippen LogP contribution in [0.4, 0.5) is 10.5 Å². The van der Waals surface area contributed by atoms with Crippen molar-refractivity contribution in [3.05, 3.63) is 69.6 Å². The predicted molar refractivity (Wildman–Crippen MR) is 110 cm³/mol. The Hall–Kier alpha value is -3.81. The summed E-state index contributed by atoms with van der Waals surface area (Å²) in [4.78, 5) is 35.9. The number of esters is 1. The van der Waals surface area contributed by atoms with E-state index in [9.17, 15) is 14.4 Å². The third-order valence-corrected chi connectivity index (χ3v) is 4.35. The summed E-state index contributed by atoms with van der Waals surface area (Å²) in [6.45, 7) is 3.67. The molecule has 1 N–H and O–H groups in total. The molecule has 0 spiro atoms. The molecule has 1 aromatic heterocycles. The summed E-state index contributed by atoms with van der Waals surface area (Å²) < 4.78 is 20.6. The zero-order valence-electron chi connectivity index (χ0n) is 16.8. The van der Waals surface area contributed by atoms with Crippen LogP contribution in [0.5, 0.6) is 5.75 Å². The van der Waals surface area contributed by atoms with Crippen molar-refractivity contribution in [1.29, 1.82) is 0 Å². The van der Waals surface area contributed by atoms with E-state index in [-0.39, 0.29) is 18.8 Å². The highest BCUT2D eigenvalue weighted by Gasteiger charge is 2.13. The Labute approximate surface area is 172 Å². The van der Waals surface area contributed by atoms with Crippen LogP contribution in [0, 0.1) is 6.92 Å². The van der Waals surface area contributed by atoms with Crippen LogP contribution in [0.15, 0.2) is 51.7 Å². The van der Waals surface area contributed by atoms with Gasteiger partial charge in [-0.1, -0.05) is 6.07 Å². The van der Waals surface area contributed by atoms with Gasteiger partial charge in [0.05, 0.1) is 19.3 Å². The first-order chi connectivity index (χ1) is 14.4. The van der Waals surface area contributed by atoms with Gasteiger partial charge in [-0.3, -0.25) is 5.32 Å². The quantitative estimate of drug-likeness (QED) is 0.482. The Bertz CT molecular complexity index is 1150. The number of nitrogens with one attached hydrogen (secondary N) is 1. The number of hydrogen-bond donors (Lipinski definition) is 1. The molecule has 1 amide bonds. The number of ether oxygens (including phenoxy) is 3. The lowest BCUT2D eigenvalue weighted by Gasteiger charge is -2.10. The Morgan fingerprint density at radius 3 is 2.60 bits per heavy atom. The van der Waals surface area contributed by atoms with Crippen LogP contribution in [-0.2, 0) is 16.1 Å². The zero-order chi connectivity index (χ0) is 21.7. The Morgan fingerprint density at radius 2 is 1.87 bits per heavy atom. The molecule has 0 aliphatic rings. The van der Waals surface area contributed by atoms with E-state index in [1.807, 2.05) is 6.92 Å². The first-order valence-electron chi connectivity index (χ1n) is 9.23. The van der Waals surface area contributed by atoms with Gasteiger partial charge in [0.1, 0.15) is 17.9 Å². The molecular formula is C22H21NO7. The predicted octanol–water partition coefficient (Wildman–Crippen LogP) is 4.04. The van der Waals surface area contributed by atoms with Crippen molar-refractivity contribution in [3.8, 4) is 5.75 Å². The minimum Gasteiger partial charge on any atom is -0.496 e. The maximum absolute atomic E-state index is 12.4. The van der Waals surface area contributed by atoms with Gasteiger partial charge in [0.2, 0.25) is 0 Å². The van der Waals surface area contributed by atoms with E-state index >= 15 is 0 Å². The van der Waals surface area contributed by atoms with Crippen LogP contribution in [0.2, 0.25) is 0 Å². The molecule has 0 saturated heterocycles. The number of hydrogen-bond acceptors (Lipinski definition) is 7. The highest BCUT2D eigenvalue weighted by molar-refractivity contribution is 5.91. The number of rotatable bonds is 6. The first kappa shape index (κ1) is 20.9. The zero-order valence-corrected chi connectivity index (χ0v) is 16.8. The van der Waals surface area contributed by atoms with Crippen molar-refractivity contribution in [2.24, 2.45) is 0 Å². The minimum atomic E-state index is -0.613. The summed E-state index contributed by atoms with van der Waals surface area (Å²) in [6.07, 6.45) is -0.613. The van der Waals surface area contributed by atoms with Gasteiger partial charge in [-0.05, 0) is 43.7 Å². The summed E-state index contributed by atoms with van der Waals surface area (Å²) in [5, 5.41) is 3.12. The van der Waals surface area contributed by atoms with Crippen molar-refractivity contribution in [3.63, 3.8) is 0 Å². The topological polar surface area (TPSA) is 104 Å². The van der Waals surface area contributed by atoms with Gasteiger partial charge < -0.3 is 18.6 Å². The van der Waals surface area contributed by atoms with Gasteiger partial charge in [0.15, 0.2) is 0 Å². The van der Waals surface area contributed by atoms with Gasteiger partial charge in [-0.25, -0.2) is 14.4 Å². The number of carbonyl (C=O) groups is 2. The molecule has 0 radical (unpaired) electrons. The summed E-state index contributed by atoms with van der Waals surface area (Å²) in [5.41, 5.74) is 1.78. The molecule has 0 aliphatic heterocycles. The highest BCUT2D eigenvalue weighted by Crippen LogP contribution is 2.23. The molecule has 0 fully saturated rings. The molecule has 8 heteroatoms. The van der Waals surface area contributed by atoms with E-state index in [1.54, 1.807) is 37.3 Å². The summed E-state index contributed by atoms with van der Waals surface area (Å²) in [6, 6.07) is 11.1. The normalized spacial score (nSPS) is 10.5. The SMILES string of the molecule is CCOC(=O)Nc1ccc2c(COC(=O)c3ccc(C)c(OC)c3)cc(=O)oc2c1. The number of amides is 1. The third-order valence-electron chi connectivity index (χ3n) is 4.35.